The van der Waals surface area contributed by atoms with Gasteiger partial charge in [-0.2, -0.15) is 18.3 Å². The molecule has 40 heavy (non-hydrogen) atoms. The van der Waals surface area contributed by atoms with Gasteiger partial charge in [0.25, 0.3) is 5.91 Å². The summed E-state index contributed by atoms with van der Waals surface area (Å²) in [5.74, 6) is -0.456. The summed E-state index contributed by atoms with van der Waals surface area (Å²) in [6.07, 6.45) is 4.52. The molecule has 6 rings (SSSR count). The van der Waals surface area contributed by atoms with Gasteiger partial charge in [0, 0.05) is 62.1 Å². The zero-order valence-corrected chi connectivity index (χ0v) is 22.3. The van der Waals surface area contributed by atoms with Gasteiger partial charge in [-0.05, 0) is 50.7 Å². The molecule has 1 aliphatic heterocycles. The third-order valence-corrected chi connectivity index (χ3v) is 7.70. The van der Waals surface area contributed by atoms with E-state index in [-0.39, 0.29) is 18.3 Å². The molecular weight excluding hydrogens is 523 g/mol. The SMILES string of the molecule is CN(C)Cc1cc(C(=O)N2CCN(C3CC(n4cc(-c5ncnc6[nH]ccc56)cn4)C3)CC2)nc(C(F)(F)F)c1. The van der Waals surface area contributed by atoms with Crippen molar-refractivity contribution in [2.24, 2.45) is 0 Å². The number of hydrogen-bond donors (Lipinski definition) is 1. The molecule has 0 bridgehead atoms. The molecule has 1 amide bonds. The van der Waals surface area contributed by atoms with Crippen LogP contribution in [0.25, 0.3) is 22.3 Å². The Bertz CT molecular complexity index is 1510. The first-order chi connectivity index (χ1) is 19.2. The van der Waals surface area contributed by atoms with Crippen LogP contribution >= 0.6 is 0 Å². The predicted molar refractivity (Wildman–Crippen MR) is 141 cm³/mol. The van der Waals surface area contributed by atoms with Crippen LogP contribution in [0.2, 0.25) is 0 Å². The topological polar surface area (TPSA) is 99.1 Å². The number of nitrogens with one attached hydrogen (secondary N) is 1. The smallest absolute Gasteiger partial charge is 0.346 e. The van der Waals surface area contributed by atoms with Gasteiger partial charge in [-0.25, -0.2) is 15.0 Å². The Kier molecular flexibility index (Phi) is 6.78. The number of carbonyl (C=O) groups is 1. The molecule has 210 valence electrons. The van der Waals surface area contributed by atoms with Crippen molar-refractivity contribution in [1.29, 1.82) is 0 Å². The molecule has 1 saturated carbocycles. The molecule has 4 aromatic heterocycles. The summed E-state index contributed by atoms with van der Waals surface area (Å²) in [7, 11) is 3.53. The standard InChI is InChI=1S/C27H30F3N9O/c1-36(2)14-17-9-22(35-23(10-17)27(28,29)30)26(40)38-7-5-37(6-8-38)19-11-20(12-19)39-15-18(13-34-39)24-21-3-4-31-25(21)33-16-32-24/h3-4,9-10,13,15-16,19-20H,5-8,11-12,14H2,1-2H3,(H,31,32,33). The van der Waals surface area contributed by atoms with E-state index < -0.39 is 17.8 Å². The van der Waals surface area contributed by atoms with Gasteiger partial charge in [0.15, 0.2) is 0 Å². The van der Waals surface area contributed by atoms with Crippen LogP contribution in [0.5, 0.6) is 0 Å². The summed E-state index contributed by atoms with van der Waals surface area (Å²) in [5.41, 5.74) is 1.80. The third kappa shape index (κ3) is 5.18. The normalized spacial score (nSPS) is 20.3. The quantitative estimate of drug-likeness (QED) is 0.391. The Hall–Kier alpha value is -3.84. The first kappa shape index (κ1) is 26.4. The molecule has 0 radical (unpaired) electrons. The number of aromatic amines is 1. The second kappa shape index (κ2) is 10.3. The second-order valence-corrected chi connectivity index (χ2v) is 10.8. The van der Waals surface area contributed by atoms with Gasteiger partial charge < -0.3 is 14.8 Å². The van der Waals surface area contributed by atoms with Crippen LogP contribution in [0.15, 0.2) is 43.1 Å². The van der Waals surface area contributed by atoms with Gasteiger partial charge in [-0.3, -0.25) is 14.4 Å². The average Bonchev–Trinajstić information content (AvgIpc) is 3.57. The van der Waals surface area contributed by atoms with Crippen LogP contribution in [0, 0.1) is 0 Å². The number of alkyl halides is 3. The van der Waals surface area contributed by atoms with Crippen molar-refractivity contribution in [3.05, 3.63) is 60.1 Å². The molecule has 2 fully saturated rings. The summed E-state index contributed by atoms with van der Waals surface area (Å²) >= 11 is 0. The van der Waals surface area contributed by atoms with E-state index in [0.29, 0.717) is 37.8 Å². The monoisotopic (exact) mass is 553 g/mol. The lowest BCUT2D eigenvalue weighted by molar-refractivity contribution is -0.141. The Labute approximate surface area is 228 Å². The minimum Gasteiger partial charge on any atom is -0.346 e. The lowest BCUT2D eigenvalue weighted by Gasteiger charge is -2.46. The molecule has 1 saturated heterocycles. The fourth-order valence-corrected chi connectivity index (χ4v) is 5.59. The Balaban J connectivity index is 1.06. The maximum atomic E-state index is 13.4. The number of rotatable bonds is 6. The molecule has 10 nitrogen and oxygen atoms in total. The molecule has 0 aromatic carbocycles. The minimum atomic E-state index is -4.62. The highest BCUT2D eigenvalue weighted by atomic mass is 19.4. The number of amides is 1. The summed E-state index contributed by atoms with van der Waals surface area (Å²) in [6.45, 7) is 2.53. The first-order valence-electron chi connectivity index (χ1n) is 13.2. The molecule has 0 atom stereocenters. The number of hydrogen-bond acceptors (Lipinski definition) is 7. The summed E-state index contributed by atoms with van der Waals surface area (Å²) in [5, 5.41) is 5.54. The van der Waals surface area contributed by atoms with Crippen LogP contribution < -0.4 is 0 Å². The van der Waals surface area contributed by atoms with E-state index in [1.807, 2.05) is 29.3 Å². The molecular formula is C27H30F3N9O. The highest BCUT2D eigenvalue weighted by Crippen LogP contribution is 2.37. The molecule has 0 unspecified atom stereocenters. The predicted octanol–water partition coefficient (Wildman–Crippen LogP) is 3.46. The minimum absolute atomic E-state index is 0.154. The van der Waals surface area contributed by atoms with Crippen molar-refractivity contribution in [1.82, 2.24) is 44.4 Å². The largest absolute Gasteiger partial charge is 0.433 e. The van der Waals surface area contributed by atoms with E-state index in [9.17, 15) is 18.0 Å². The first-order valence-corrected chi connectivity index (χ1v) is 13.2. The zero-order chi connectivity index (χ0) is 28.0. The molecule has 5 heterocycles. The van der Waals surface area contributed by atoms with Gasteiger partial charge in [0.1, 0.15) is 23.4 Å². The molecule has 1 N–H and O–H groups in total. The van der Waals surface area contributed by atoms with Crippen LogP contribution in [0.3, 0.4) is 0 Å². The number of nitrogens with zero attached hydrogens (tertiary/aromatic N) is 8. The fraction of sp³-hybridized carbons (Fsp3) is 0.444. The van der Waals surface area contributed by atoms with E-state index in [1.54, 1.807) is 30.2 Å². The number of halogens is 3. The highest BCUT2D eigenvalue weighted by molar-refractivity contribution is 5.92. The van der Waals surface area contributed by atoms with Gasteiger partial charge in [-0.15, -0.1) is 0 Å². The van der Waals surface area contributed by atoms with E-state index in [1.165, 1.54) is 6.07 Å². The van der Waals surface area contributed by atoms with Crippen LogP contribution in [0.4, 0.5) is 13.2 Å². The van der Waals surface area contributed by atoms with Crippen LogP contribution in [-0.2, 0) is 12.7 Å². The van der Waals surface area contributed by atoms with Crippen molar-refractivity contribution >= 4 is 16.9 Å². The van der Waals surface area contributed by atoms with Crippen molar-refractivity contribution in [3.8, 4) is 11.3 Å². The number of aromatic nitrogens is 6. The number of piperazine rings is 1. The maximum Gasteiger partial charge on any atom is 0.433 e. The molecule has 13 heteroatoms. The third-order valence-electron chi connectivity index (χ3n) is 7.70. The molecule has 4 aromatic rings. The van der Waals surface area contributed by atoms with E-state index in [4.69, 9.17) is 0 Å². The lowest BCUT2D eigenvalue weighted by atomic mass is 9.85. The Morgan fingerprint density at radius 3 is 2.60 bits per heavy atom. The van der Waals surface area contributed by atoms with Crippen molar-refractivity contribution < 1.29 is 18.0 Å². The number of carbonyl (C=O) groups excluding carboxylic acids is 1. The Morgan fingerprint density at radius 1 is 1.10 bits per heavy atom. The lowest BCUT2D eigenvalue weighted by Crippen LogP contribution is -2.55. The van der Waals surface area contributed by atoms with Gasteiger partial charge in [0.2, 0.25) is 0 Å². The van der Waals surface area contributed by atoms with Crippen molar-refractivity contribution in [2.45, 2.75) is 37.6 Å². The van der Waals surface area contributed by atoms with E-state index in [2.05, 4.69) is 29.9 Å². The Morgan fingerprint density at radius 2 is 1.88 bits per heavy atom. The summed E-state index contributed by atoms with van der Waals surface area (Å²) in [6, 6.07) is 5.10. The van der Waals surface area contributed by atoms with Crippen LogP contribution in [-0.4, -0.2) is 96.6 Å². The second-order valence-electron chi connectivity index (χ2n) is 10.8. The fourth-order valence-electron chi connectivity index (χ4n) is 5.59. The average molecular weight is 554 g/mol. The molecule has 2 aliphatic rings. The number of fused-ring (bicyclic) bond motifs is 1. The van der Waals surface area contributed by atoms with Gasteiger partial charge in [0.05, 0.1) is 17.9 Å². The van der Waals surface area contributed by atoms with Gasteiger partial charge >= 0.3 is 6.18 Å². The van der Waals surface area contributed by atoms with Crippen LogP contribution in [0.1, 0.15) is 40.6 Å². The summed E-state index contributed by atoms with van der Waals surface area (Å²) in [4.78, 5) is 34.3. The van der Waals surface area contributed by atoms with E-state index >= 15 is 0 Å². The van der Waals surface area contributed by atoms with Gasteiger partial charge in [-0.1, -0.05) is 0 Å². The maximum absolute atomic E-state index is 13.4. The summed E-state index contributed by atoms with van der Waals surface area (Å²) < 4.78 is 42.3. The zero-order valence-electron chi connectivity index (χ0n) is 22.3. The molecule has 1 aliphatic carbocycles. The number of H-pyrrole nitrogens is 1. The van der Waals surface area contributed by atoms with Crippen molar-refractivity contribution in [2.75, 3.05) is 40.3 Å². The van der Waals surface area contributed by atoms with Crippen molar-refractivity contribution in [3.63, 3.8) is 0 Å². The number of pyridine rings is 1. The highest BCUT2D eigenvalue weighted by Gasteiger charge is 2.38. The van der Waals surface area contributed by atoms with E-state index in [0.717, 1.165) is 41.2 Å². The molecule has 0 spiro atoms.